The molecule has 1 fully saturated rings. The third kappa shape index (κ3) is 5.67. The number of esters is 1. The predicted molar refractivity (Wildman–Crippen MR) is 101 cm³/mol. The van der Waals surface area contributed by atoms with Gasteiger partial charge in [-0.2, -0.15) is 0 Å². The molecule has 1 aliphatic heterocycles. The van der Waals surface area contributed by atoms with Gasteiger partial charge in [0.15, 0.2) is 0 Å². The van der Waals surface area contributed by atoms with Gasteiger partial charge in [-0.25, -0.2) is 4.79 Å². The number of amides is 1. The minimum atomic E-state index is -0.359. The number of hydrogen-bond acceptors (Lipinski definition) is 6. The van der Waals surface area contributed by atoms with Crippen LogP contribution in [-0.4, -0.2) is 61.0 Å². The van der Waals surface area contributed by atoms with E-state index in [2.05, 4.69) is 15.1 Å². The fourth-order valence-corrected chi connectivity index (χ4v) is 3.04. The topological polar surface area (TPSA) is 75.0 Å². The summed E-state index contributed by atoms with van der Waals surface area (Å²) in [5, 5.41) is 2.87. The van der Waals surface area contributed by atoms with E-state index in [1.807, 2.05) is 12.1 Å². The SMILES string of the molecule is CCOC(=O)c1ccc(NC(=O)CN2CCN(Cc3ccco3)CC2)cc1. The number of piperazine rings is 1. The largest absolute Gasteiger partial charge is 0.468 e. The Morgan fingerprint density at radius 3 is 2.41 bits per heavy atom. The van der Waals surface area contributed by atoms with Crippen LogP contribution in [0.1, 0.15) is 23.0 Å². The highest BCUT2D eigenvalue weighted by Gasteiger charge is 2.19. The molecule has 0 saturated carbocycles. The van der Waals surface area contributed by atoms with Crippen LogP contribution in [0.5, 0.6) is 0 Å². The molecule has 1 amide bonds. The van der Waals surface area contributed by atoms with Gasteiger partial charge in [0, 0.05) is 31.9 Å². The van der Waals surface area contributed by atoms with Crippen LogP contribution in [0.3, 0.4) is 0 Å². The molecule has 1 N–H and O–H groups in total. The Balaban J connectivity index is 1.41. The van der Waals surface area contributed by atoms with Crippen molar-refractivity contribution in [3.63, 3.8) is 0 Å². The Morgan fingerprint density at radius 2 is 1.78 bits per heavy atom. The summed E-state index contributed by atoms with van der Waals surface area (Å²) in [6, 6.07) is 10.6. The Hall–Kier alpha value is -2.64. The summed E-state index contributed by atoms with van der Waals surface area (Å²) in [5.41, 5.74) is 1.15. The molecule has 1 aliphatic rings. The van der Waals surface area contributed by atoms with E-state index in [1.54, 1.807) is 37.5 Å². The van der Waals surface area contributed by atoms with Gasteiger partial charge >= 0.3 is 5.97 Å². The maximum atomic E-state index is 12.3. The minimum Gasteiger partial charge on any atom is -0.468 e. The molecule has 1 aromatic carbocycles. The molecule has 0 aliphatic carbocycles. The number of anilines is 1. The first kappa shape index (κ1) is 19.1. The Morgan fingerprint density at radius 1 is 1.07 bits per heavy atom. The number of ether oxygens (including phenoxy) is 1. The lowest BCUT2D eigenvalue weighted by atomic mass is 10.2. The molecule has 7 nitrogen and oxygen atoms in total. The van der Waals surface area contributed by atoms with Gasteiger partial charge in [-0.1, -0.05) is 0 Å². The average molecular weight is 371 g/mol. The van der Waals surface area contributed by atoms with Crippen molar-refractivity contribution in [3.05, 3.63) is 54.0 Å². The van der Waals surface area contributed by atoms with Gasteiger partial charge in [0.2, 0.25) is 5.91 Å². The lowest BCUT2D eigenvalue weighted by Gasteiger charge is -2.33. The molecule has 1 aromatic heterocycles. The molecular weight excluding hydrogens is 346 g/mol. The number of hydrogen-bond donors (Lipinski definition) is 1. The van der Waals surface area contributed by atoms with Gasteiger partial charge in [0.1, 0.15) is 5.76 Å². The third-order valence-corrected chi connectivity index (χ3v) is 4.47. The van der Waals surface area contributed by atoms with Crippen molar-refractivity contribution < 1.29 is 18.7 Å². The normalized spacial score (nSPS) is 15.4. The van der Waals surface area contributed by atoms with E-state index in [-0.39, 0.29) is 11.9 Å². The Labute approximate surface area is 158 Å². The standard InChI is InChI=1S/C20H25N3O4/c1-2-26-20(25)16-5-7-17(8-6-16)21-19(24)15-23-11-9-22(10-12-23)14-18-4-3-13-27-18/h3-8,13H,2,9-12,14-15H2,1H3,(H,21,24). The average Bonchev–Trinajstić information content (AvgIpc) is 3.17. The first-order chi connectivity index (χ1) is 13.1. The quantitative estimate of drug-likeness (QED) is 0.752. The zero-order valence-electron chi connectivity index (χ0n) is 15.5. The smallest absolute Gasteiger partial charge is 0.338 e. The lowest BCUT2D eigenvalue weighted by Crippen LogP contribution is -2.48. The molecule has 0 radical (unpaired) electrons. The fourth-order valence-electron chi connectivity index (χ4n) is 3.04. The van der Waals surface area contributed by atoms with Gasteiger partial charge in [-0.05, 0) is 43.3 Å². The van der Waals surface area contributed by atoms with Crippen LogP contribution in [-0.2, 0) is 16.1 Å². The molecule has 0 unspecified atom stereocenters. The molecule has 2 aromatic rings. The summed E-state index contributed by atoms with van der Waals surface area (Å²) in [5.74, 6) is 0.550. The van der Waals surface area contributed by atoms with E-state index in [4.69, 9.17) is 9.15 Å². The summed E-state index contributed by atoms with van der Waals surface area (Å²) in [6.07, 6.45) is 1.69. The molecule has 0 atom stereocenters. The molecule has 7 heteroatoms. The van der Waals surface area contributed by atoms with Crippen LogP contribution in [0, 0.1) is 0 Å². The molecule has 2 heterocycles. The summed E-state index contributed by atoms with van der Waals surface area (Å²) in [6.45, 7) is 6.76. The second kappa shape index (κ2) is 9.34. The first-order valence-corrected chi connectivity index (χ1v) is 9.18. The molecule has 27 heavy (non-hydrogen) atoms. The number of nitrogens with one attached hydrogen (secondary N) is 1. The number of carbonyl (C=O) groups is 2. The summed E-state index contributed by atoms with van der Waals surface area (Å²) < 4.78 is 10.3. The molecule has 1 saturated heterocycles. The zero-order chi connectivity index (χ0) is 19.1. The van der Waals surface area contributed by atoms with E-state index < -0.39 is 0 Å². The predicted octanol–water partition coefficient (Wildman–Crippen LogP) is 2.21. The van der Waals surface area contributed by atoms with Crippen molar-refractivity contribution in [2.24, 2.45) is 0 Å². The number of benzene rings is 1. The maximum Gasteiger partial charge on any atom is 0.338 e. The number of furan rings is 1. The molecule has 0 spiro atoms. The van der Waals surface area contributed by atoms with E-state index in [1.165, 1.54) is 0 Å². The second-order valence-electron chi connectivity index (χ2n) is 6.48. The van der Waals surface area contributed by atoms with Crippen LogP contribution >= 0.6 is 0 Å². The number of carbonyl (C=O) groups excluding carboxylic acids is 2. The van der Waals surface area contributed by atoms with Crippen molar-refractivity contribution in [1.82, 2.24) is 9.80 Å². The summed E-state index contributed by atoms with van der Waals surface area (Å²) in [7, 11) is 0. The van der Waals surface area contributed by atoms with Crippen LogP contribution in [0.2, 0.25) is 0 Å². The first-order valence-electron chi connectivity index (χ1n) is 9.18. The highest BCUT2D eigenvalue weighted by molar-refractivity contribution is 5.94. The summed E-state index contributed by atoms with van der Waals surface area (Å²) in [4.78, 5) is 28.4. The highest BCUT2D eigenvalue weighted by Crippen LogP contribution is 2.12. The third-order valence-electron chi connectivity index (χ3n) is 4.47. The van der Waals surface area contributed by atoms with Gasteiger partial charge in [0.25, 0.3) is 0 Å². The number of nitrogens with zero attached hydrogens (tertiary/aromatic N) is 2. The molecule has 0 bridgehead atoms. The molecule has 144 valence electrons. The summed E-state index contributed by atoms with van der Waals surface area (Å²) >= 11 is 0. The zero-order valence-corrected chi connectivity index (χ0v) is 15.5. The molecule has 3 rings (SSSR count). The maximum absolute atomic E-state index is 12.3. The Kier molecular flexibility index (Phi) is 6.62. The van der Waals surface area contributed by atoms with E-state index >= 15 is 0 Å². The second-order valence-corrected chi connectivity index (χ2v) is 6.48. The molecular formula is C20H25N3O4. The van der Waals surface area contributed by atoms with E-state index in [9.17, 15) is 9.59 Å². The minimum absolute atomic E-state index is 0.0571. The van der Waals surface area contributed by atoms with Crippen LogP contribution in [0.25, 0.3) is 0 Å². The number of rotatable bonds is 7. The van der Waals surface area contributed by atoms with Gasteiger partial charge in [-0.3, -0.25) is 14.6 Å². The monoisotopic (exact) mass is 371 g/mol. The van der Waals surface area contributed by atoms with Crippen molar-refractivity contribution in [2.75, 3.05) is 44.6 Å². The lowest BCUT2D eigenvalue weighted by molar-refractivity contribution is -0.117. The Bertz CT molecular complexity index is 735. The van der Waals surface area contributed by atoms with Crippen LogP contribution in [0.4, 0.5) is 5.69 Å². The van der Waals surface area contributed by atoms with E-state index in [0.29, 0.717) is 24.4 Å². The van der Waals surface area contributed by atoms with Gasteiger partial charge in [-0.15, -0.1) is 0 Å². The van der Waals surface area contributed by atoms with Crippen LogP contribution in [0.15, 0.2) is 47.1 Å². The van der Waals surface area contributed by atoms with Gasteiger partial charge < -0.3 is 14.5 Å². The van der Waals surface area contributed by atoms with Crippen molar-refractivity contribution in [3.8, 4) is 0 Å². The van der Waals surface area contributed by atoms with Crippen molar-refractivity contribution in [2.45, 2.75) is 13.5 Å². The van der Waals surface area contributed by atoms with Crippen molar-refractivity contribution >= 4 is 17.6 Å². The fraction of sp³-hybridized carbons (Fsp3) is 0.400. The van der Waals surface area contributed by atoms with E-state index in [0.717, 1.165) is 38.5 Å². The van der Waals surface area contributed by atoms with Crippen molar-refractivity contribution in [1.29, 1.82) is 0 Å². The van der Waals surface area contributed by atoms with Gasteiger partial charge in [0.05, 0.1) is 31.5 Å². The highest BCUT2D eigenvalue weighted by atomic mass is 16.5. The van der Waals surface area contributed by atoms with Crippen LogP contribution < -0.4 is 5.32 Å².